The van der Waals surface area contributed by atoms with Crippen molar-refractivity contribution >= 4 is 40.9 Å². The molecule has 2 aromatic rings. The van der Waals surface area contributed by atoms with Crippen LogP contribution in [0, 0.1) is 11.3 Å². The number of carbonyl (C=O) groups excluding carboxylic acids is 3. The molecule has 1 unspecified atom stereocenters. The first-order chi connectivity index (χ1) is 15.0. The van der Waals surface area contributed by atoms with Gasteiger partial charge in [0.25, 0.3) is 5.91 Å². The number of nitrogens with zero attached hydrogens (tertiary/aromatic N) is 2. The van der Waals surface area contributed by atoms with E-state index in [0.717, 1.165) is 11.3 Å². The van der Waals surface area contributed by atoms with E-state index < -0.39 is 6.04 Å². The normalized spacial score (nSPS) is 17.3. The van der Waals surface area contributed by atoms with Gasteiger partial charge in [0.05, 0.1) is 17.5 Å². The highest BCUT2D eigenvalue weighted by molar-refractivity contribution is 7.99. The quantitative estimate of drug-likeness (QED) is 0.744. The molecule has 2 aliphatic heterocycles. The van der Waals surface area contributed by atoms with Crippen LogP contribution in [-0.2, 0) is 20.8 Å². The van der Waals surface area contributed by atoms with Crippen LogP contribution in [0.15, 0.2) is 42.5 Å². The number of thioether (sulfide) groups is 1. The standard InChI is InChI=1S/C22H20N4O4S/c23-10-14-1-4-16(5-2-14)24-22(29)19-12-31-13-26(19)21(28)11-30-17-6-7-18-15(9-17)3-8-20(27)25-18/h1-2,4-7,9,19H,3,8,11-13H2,(H,24,29)(H,25,27). The van der Waals surface area contributed by atoms with E-state index in [2.05, 4.69) is 10.6 Å². The van der Waals surface area contributed by atoms with Gasteiger partial charge in [0.1, 0.15) is 11.8 Å². The molecule has 0 bridgehead atoms. The first kappa shape index (κ1) is 20.8. The fourth-order valence-corrected chi connectivity index (χ4v) is 4.62. The monoisotopic (exact) mass is 436 g/mol. The van der Waals surface area contributed by atoms with Crippen molar-refractivity contribution in [2.24, 2.45) is 0 Å². The number of hydrogen-bond donors (Lipinski definition) is 2. The molecule has 1 saturated heterocycles. The number of hydrogen-bond acceptors (Lipinski definition) is 6. The summed E-state index contributed by atoms with van der Waals surface area (Å²) >= 11 is 1.51. The maximum absolute atomic E-state index is 12.7. The topological polar surface area (TPSA) is 112 Å². The third-order valence-electron chi connectivity index (χ3n) is 5.12. The number of nitriles is 1. The molecule has 2 heterocycles. The maximum atomic E-state index is 12.7. The summed E-state index contributed by atoms with van der Waals surface area (Å²) in [6, 6.07) is 13.3. The third kappa shape index (κ3) is 4.81. The molecule has 1 atom stereocenters. The third-order valence-corrected chi connectivity index (χ3v) is 6.13. The van der Waals surface area contributed by atoms with E-state index in [4.69, 9.17) is 10.00 Å². The Bertz CT molecular complexity index is 1060. The lowest BCUT2D eigenvalue weighted by molar-refractivity contribution is -0.137. The van der Waals surface area contributed by atoms with Gasteiger partial charge in [-0.15, -0.1) is 11.8 Å². The van der Waals surface area contributed by atoms with Gasteiger partial charge in [0.2, 0.25) is 11.8 Å². The van der Waals surface area contributed by atoms with Crippen molar-refractivity contribution in [1.29, 1.82) is 5.26 Å². The second-order valence-corrected chi connectivity index (χ2v) is 8.21. The Balaban J connectivity index is 1.35. The maximum Gasteiger partial charge on any atom is 0.261 e. The van der Waals surface area contributed by atoms with Crippen LogP contribution in [0.4, 0.5) is 11.4 Å². The molecule has 0 radical (unpaired) electrons. The smallest absolute Gasteiger partial charge is 0.261 e. The highest BCUT2D eigenvalue weighted by atomic mass is 32.2. The Labute approximate surface area is 183 Å². The minimum absolute atomic E-state index is 0.00629. The largest absolute Gasteiger partial charge is 0.484 e. The lowest BCUT2D eigenvalue weighted by atomic mass is 10.0. The zero-order chi connectivity index (χ0) is 21.8. The van der Waals surface area contributed by atoms with E-state index in [0.29, 0.717) is 41.5 Å². The van der Waals surface area contributed by atoms with Crippen LogP contribution in [0.2, 0.25) is 0 Å². The van der Waals surface area contributed by atoms with Crippen molar-refractivity contribution in [3.05, 3.63) is 53.6 Å². The molecular formula is C22H20N4O4S. The van der Waals surface area contributed by atoms with Gasteiger partial charge in [-0.05, 0) is 54.4 Å². The summed E-state index contributed by atoms with van der Waals surface area (Å²) in [5.41, 5.74) is 2.82. The fraction of sp³-hybridized carbons (Fsp3) is 0.273. The van der Waals surface area contributed by atoms with E-state index in [-0.39, 0.29) is 24.3 Å². The lowest BCUT2D eigenvalue weighted by Gasteiger charge is -2.23. The molecule has 158 valence electrons. The average Bonchev–Trinajstić information content (AvgIpc) is 3.28. The van der Waals surface area contributed by atoms with Crippen LogP contribution >= 0.6 is 11.8 Å². The highest BCUT2D eigenvalue weighted by Gasteiger charge is 2.34. The first-order valence-corrected chi connectivity index (χ1v) is 10.9. The molecule has 31 heavy (non-hydrogen) atoms. The minimum Gasteiger partial charge on any atom is -0.484 e. The number of anilines is 2. The van der Waals surface area contributed by atoms with Gasteiger partial charge in [-0.2, -0.15) is 5.26 Å². The number of fused-ring (bicyclic) bond motifs is 1. The molecule has 0 spiro atoms. The number of ether oxygens (including phenoxy) is 1. The molecule has 0 aromatic heterocycles. The summed E-state index contributed by atoms with van der Waals surface area (Å²) in [7, 11) is 0. The molecule has 2 aromatic carbocycles. The van der Waals surface area contributed by atoms with Gasteiger partial charge in [0, 0.05) is 23.5 Å². The van der Waals surface area contributed by atoms with Gasteiger partial charge >= 0.3 is 0 Å². The summed E-state index contributed by atoms with van der Waals surface area (Å²) in [5, 5.41) is 14.5. The van der Waals surface area contributed by atoms with Crippen LogP contribution in [-0.4, -0.2) is 46.9 Å². The van der Waals surface area contributed by atoms with E-state index in [9.17, 15) is 14.4 Å². The number of nitrogens with one attached hydrogen (secondary N) is 2. The summed E-state index contributed by atoms with van der Waals surface area (Å²) in [6.45, 7) is -0.174. The molecule has 9 heteroatoms. The van der Waals surface area contributed by atoms with Crippen molar-refractivity contribution in [2.45, 2.75) is 18.9 Å². The molecule has 1 fully saturated rings. The van der Waals surface area contributed by atoms with Gasteiger partial charge < -0.3 is 20.3 Å². The number of rotatable bonds is 5. The van der Waals surface area contributed by atoms with E-state index in [1.165, 1.54) is 16.7 Å². The molecule has 2 N–H and O–H groups in total. The Kier molecular flexibility index (Phi) is 6.09. The molecule has 3 amide bonds. The molecule has 0 saturated carbocycles. The van der Waals surface area contributed by atoms with Crippen molar-refractivity contribution in [3.8, 4) is 11.8 Å². The van der Waals surface area contributed by atoms with Crippen molar-refractivity contribution in [2.75, 3.05) is 28.9 Å². The van der Waals surface area contributed by atoms with Crippen molar-refractivity contribution < 1.29 is 19.1 Å². The Morgan fingerprint density at radius 1 is 1.23 bits per heavy atom. The first-order valence-electron chi connectivity index (χ1n) is 9.77. The van der Waals surface area contributed by atoms with Crippen LogP contribution < -0.4 is 15.4 Å². The predicted octanol–water partition coefficient (Wildman–Crippen LogP) is 2.36. The van der Waals surface area contributed by atoms with Crippen LogP contribution in [0.1, 0.15) is 17.5 Å². The van der Waals surface area contributed by atoms with Gasteiger partial charge in [-0.1, -0.05) is 0 Å². The number of amides is 3. The van der Waals surface area contributed by atoms with Crippen LogP contribution in [0.3, 0.4) is 0 Å². The minimum atomic E-state index is -0.588. The van der Waals surface area contributed by atoms with Gasteiger partial charge in [-0.25, -0.2) is 0 Å². The number of carbonyl (C=O) groups is 3. The lowest BCUT2D eigenvalue weighted by Crippen LogP contribution is -2.46. The van der Waals surface area contributed by atoms with Crippen LogP contribution in [0.25, 0.3) is 0 Å². The van der Waals surface area contributed by atoms with Gasteiger partial charge in [-0.3, -0.25) is 14.4 Å². The molecule has 4 rings (SSSR count). The second-order valence-electron chi connectivity index (χ2n) is 7.21. The molecule has 8 nitrogen and oxygen atoms in total. The van der Waals surface area contributed by atoms with Crippen LogP contribution in [0.5, 0.6) is 5.75 Å². The average molecular weight is 436 g/mol. The summed E-state index contributed by atoms with van der Waals surface area (Å²) in [5.74, 6) is 0.932. The van der Waals surface area contributed by atoms with E-state index >= 15 is 0 Å². The number of benzene rings is 2. The Morgan fingerprint density at radius 2 is 2.03 bits per heavy atom. The SMILES string of the molecule is N#Cc1ccc(NC(=O)C2CSCN2C(=O)COc2ccc3c(c2)CCC(=O)N3)cc1. The summed E-state index contributed by atoms with van der Waals surface area (Å²) in [4.78, 5) is 38.4. The number of aryl methyl sites for hydroxylation is 1. The van der Waals surface area contributed by atoms with E-state index in [1.807, 2.05) is 12.1 Å². The molecule has 0 aliphatic carbocycles. The molecule has 2 aliphatic rings. The highest BCUT2D eigenvalue weighted by Crippen LogP contribution is 2.27. The zero-order valence-corrected chi connectivity index (χ0v) is 17.4. The van der Waals surface area contributed by atoms with Crippen molar-refractivity contribution in [3.63, 3.8) is 0 Å². The van der Waals surface area contributed by atoms with Gasteiger partial charge in [0.15, 0.2) is 6.61 Å². The van der Waals surface area contributed by atoms with E-state index in [1.54, 1.807) is 36.4 Å². The summed E-state index contributed by atoms with van der Waals surface area (Å²) in [6.07, 6.45) is 1.06. The second kappa shape index (κ2) is 9.10. The Morgan fingerprint density at radius 3 is 2.81 bits per heavy atom. The summed E-state index contributed by atoms with van der Waals surface area (Å²) < 4.78 is 5.67. The fourth-order valence-electron chi connectivity index (χ4n) is 3.44. The molecular weight excluding hydrogens is 416 g/mol. The zero-order valence-electron chi connectivity index (χ0n) is 16.6. The van der Waals surface area contributed by atoms with Crippen molar-refractivity contribution in [1.82, 2.24) is 4.90 Å². The Hall–Kier alpha value is -3.51. The predicted molar refractivity (Wildman–Crippen MR) is 117 cm³/mol.